The van der Waals surface area contributed by atoms with Gasteiger partial charge in [-0.3, -0.25) is 4.79 Å². The van der Waals surface area contributed by atoms with E-state index in [1.807, 2.05) is 6.07 Å². The molecule has 0 unspecified atom stereocenters. The third kappa shape index (κ3) is 3.30. The number of hydrogen-bond donors (Lipinski definition) is 2. The van der Waals surface area contributed by atoms with Gasteiger partial charge in [0.05, 0.1) is 18.9 Å². The smallest absolute Gasteiger partial charge is 0.262 e. The van der Waals surface area contributed by atoms with Crippen LogP contribution in [0.2, 0.25) is 0 Å². The molecule has 1 amide bonds. The highest BCUT2D eigenvalue weighted by Gasteiger charge is 2.19. The Balaban J connectivity index is 2.27. The molecule has 2 rings (SSSR count). The van der Waals surface area contributed by atoms with E-state index in [1.54, 1.807) is 6.08 Å². The van der Waals surface area contributed by atoms with Crippen molar-refractivity contribution in [1.82, 2.24) is 15.3 Å². The first-order chi connectivity index (χ1) is 10.0. The van der Waals surface area contributed by atoms with Crippen molar-refractivity contribution in [2.24, 2.45) is 0 Å². The minimum atomic E-state index is -0.490. The van der Waals surface area contributed by atoms with Crippen LogP contribution >= 0.6 is 11.6 Å². The van der Waals surface area contributed by atoms with Crippen LogP contribution in [0.3, 0.4) is 0 Å². The van der Waals surface area contributed by atoms with Crippen molar-refractivity contribution in [1.29, 1.82) is 5.26 Å². The van der Waals surface area contributed by atoms with Crippen LogP contribution in [0, 0.1) is 11.3 Å². The van der Waals surface area contributed by atoms with Gasteiger partial charge in [-0.15, -0.1) is 0 Å². The number of nitrogen functional groups attached to an aromatic ring is 1. The van der Waals surface area contributed by atoms with Crippen LogP contribution in [0.15, 0.2) is 28.6 Å². The Morgan fingerprint density at radius 2 is 2.33 bits per heavy atom. The maximum Gasteiger partial charge on any atom is 0.262 e. The fourth-order valence-corrected chi connectivity index (χ4v) is 1.97. The lowest BCUT2D eigenvalue weighted by Crippen LogP contribution is -2.25. The van der Waals surface area contributed by atoms with Gasteiger partial charge in [-0.1, -0.05) is 11.6 Å². The molecule has 0 spiro atoms. The van der Waals surface area contributed by atoms with Crippen molar-refractivity contribution in [3.05, 3.63) is 34.1 Å². The number of aromatic nitrogens is 2. The van der Waals surface area contributed by atoms with Crippen molar-refractivity contribution in [2.45, 2.75) is 12.8 Å². The van der Waals surface area contributed by atoms with Crippen LogP contribution in [0.5, 0.6) is 5.88 Å². The van der Waals surface area contributed by atoms with E-state index in [9.17, 15) is 4.79 Å². The number of methoxy groups -OCH3 is 1. The molecule has 0 atom stereocenters. The summed E-state index contributed by atoms with van der Waals surface area (Å²) in [5.74, 6) is -0.419. The van der Waals surface area contributed by atoms with Gasteiger partial charge in [0.25, 0.3) is 5.91 Å². The molecule has 1 aliphatic rings. The molecular weight excluding hydrogens is 294 g/mol. The first-order valence-corrected chi connectivity index (χ1v) is 6.40. The molecule has 1 heterocycles. The minimum Gasteiger partial charge on any atom is -0.480 e. The average Bonchev–Trinajstić information content (AvgIpc) is 2.49. The number of nitrogens with one attached hydrogen (secondary N) is 1. The highest BCUT2D eigenvalue weighted by molar-refractivity contribution is 6.30. The number of amides is 1. The summed E-state index contributed by atoms with van der Waals surface area (Å²) >= 11 is 6.06. The van der Waals surface area contributed by atoms with E-state index < -0.39 is 5.91 Å². The topological polar surface area (TPSA) is 114 Å². The Morgan fingerprint density at radius 3 is 3.00 bits per heavy atom. The van der Waals surface area contributed by atoms with Crippen LogP contribution in [-0.2, 0) is 0 Å². The van der Waals surface area contributed by atoms with Crippen molar-refractivity contribution < 1.29 is 9.53 Å². The molecule has 0 radical (unpaired) electrons. The molecule has 1 aromatic rings. The van der Waals surface area contributed by atoms with Crippen LogP contribution < -0.4 is 15.8 Å². The predicted molar refractivity (Wildman–Crippen MR) is 76.3 cm³/mol. The van der Waals surface area contributed by atoms with Gasteiger partial charge < -0.3 is 15.8 Å². The van der Waals surface area contributed by atoms with E-state index in [4.69, 9.17) is 27.3 Å². The number of ether oxygens (including phenoxy) is 1. The van der Waals surface area contributed by atoms with E-state index in [-0.39, 0.29) is 17.4 Å². The Morgan fingerprint density at radius 1 is 1.57 bits per heavy atom. The Labute approximate surface area is 126 Å². The largest absolute Gasteiger partial charge is 0.480 e. The van der Waals surface area contributed by atoms with Crippen LogP contribution in [-0.4, -0.2) is 23.0 Å². The van der Waals surface area contributed by atoms with E-state index in [1.165, 1.54) is 13.3 Å². The number of carbonyl (C=O) groups is 1. The van der Waals surface area contributed by atoms with Gasteiger partial charge in [0.15, 0.2) is 0 Å². The van der Waals surface area contributed by atoms with E-state index in [2.05, 4.69) is 15.3 Å². The summed E-state index contributed by atoms with van der Waals surface area (Å²) in [5, 5.41) is 12.0. The van der Waals surface area contributed by atoms with Crippen LogP contribution in [0.4, 0.5) is 5.95 Å². The third-order valence-electron chi connectivity index (χ3n) is 2.83. The molecule has 0 saturated heterocycles. The lowest BCUT2D eigenvalue weighted by Gasteiger charge is -2.14. The van der Waals surface area contributed by atoms with Gasteiger partial charge in [0.1, 0.15) is 5.56 Å². The van der Waals surface area contributed by atoms with Gasteiger partial charge >= 0.3 is 0 Å². The van der Waals surface area contributed by atoms with Gasteiger partial charge in [-0.05, 0) is 18.9 Å². The lowest BCUT2D eigenvalue weighted by molar-refractivity contribution is 0.0962. The third-order valence-corrected chi connectivity index (χ3v) is 3.22. The highest BCUT2D eigenvalue weighted by Crippen LogP contribution is 2.25. The van der Waals surface area contributed by atoms with Crippen LogP contribution in [0.25, 0.3) is 0 Å². The van der Waals surface area contributed by atoms with Crippen LogP contribution in [0.1, 0.15) is 23.2 Å². The van der Waals surface area contributed by atoms with Crippen molar-refractivity contribution in [2.75, 3.05) is 12.8 Å². The second-order valence-electron chi connectivity index (χ2n) is 4.21. The van der Waals surface area contributed by atoms with E-state index in [0.717, 1.165) is 0 Å². The number of anilines is 1. The number of nitriles is 1. The summed E-state index contributed by atoms with van der Waals surface area (Å²) < 4.78 is 5.00. The summed E-state index contributed by atoms with van der Waals surface area (Å²) in [6.45, 7) is 0. The maximum absolute atomic E-state index is 12.2. The number of halogens is 1. The van der Waals surface area contributed by atoms with E-state index in [0.29, 0.717) is 29.1 Å². The summed E-state index contributed by atoms with van der Waals surface area (Å²) in [7, 11) is 1.37. The normalized spacial score (nSPS) is 14.2. The fraction of sp³-hybridized carbons (Fsp3) is 0.231. The Hall–Kier alpha value is -2.59. The monoisotopic (exact) mass is 305 g/mol. The first kappa shape index (κ1) is 14.8. The second-order valence-corrected chi connectivity index (χ2v) is 4.66. The Bertz CT molecular complexity index is 690. The predicted octanol–water partition coefficient (Wildman–Crippen LogP) is 1.49. The number of rotatable bonds is 3. The van der Waals surface area contributed by atoms with Gasteiger partial charge in [0, 0.05) is 16.8 Å². The van der Waals surface area contributed by atoms with Crippen molar-refractivity contribution in [3.63, 3.8) is 0 Å². The highest BCUT2D eigenvalue weighted by atomic mass is 35.5. The summed E-state index contributed by atoms with van der Waals surface area (Å²) in [6.07, 6.45) is 3.88. The first-order valence-electron chi connectivity index (χ1n) is 6.02. The molecule has 1 aromatic heterocycles. The zero-order chi connectivity index (χ0) is 15.4. The lowest BCUT2D eigenvalue weighted by atomic mass is 10.0. The molecule has 1 aliphatic carbocycles. The number of nitrogens with zero attached hydrogens (tertiary/aromatic N) is 3. The molecule has 0 saturated carbocycles. The number of carbonyl (C=O) groups excluding carboxylic acids is 1. The zero-order valence-electron chi connectivity index (χ0n) is 11.2. The van der Waals surface area contributed by atoms with E-state index >= 15 is 0 Å². The van der Waals surface area contributed by atoms with Gasteiger partial charge in [0.2, 0.25) is 11.8 Å². The maximum atomic E-state index is 12.2. The molecule has 0 aromatic carbocycles. The molecule has 8 heteroatoms. The van der Waals surface area contributed by atoms with Crippen molar-refractivity contribution in [3.8, 4) is 11.9 Å². The summed E-state index contributed by atoms with van der Waals surface area (Å²) in [6, 6.07) is 2.05. The molecule has 0 aliphatic heterocycles. The SMILES string of the molecule is COc1nc(N)ncc1C(=O)NC1=C(Cl)CCC(C#N)=C1. The molecule has 21 heavy (non-hydrogen) atoms. The summed E-state index contributed by atoms with van der Waals surface area (Å²) in [5.41, 5.74) is 6.51. The second kappa shape index (κ2) is 6.24. The minimum absolute atomic E-state index is 0.00461. The standard InChI is InChI=1S/C13H12ClN5O2/c1-21-12-8(6-17-13(16)19-12)11(20)18-10-4-7(5-15)2-3-9(10)14/h4,6H,2-3H2,1H3,(H,18,20)(H2,16,17,19). The zero-order valence-corrected chi connectivity index (χ0v) is 11.9. The number of hydrogen-bond acceptors (Lipinski definition) is 6. The average molecular weight is 306 g/mol. The molecule has 0 fully saturated rings. The summed E-state index contributed by atoms with van der Waals surface area (Å²) in [4.78, 5) is 19.8. The van der Waals surface area contributed by atoms with Crippen molar-refractivity contribution >= 4 is 23.5 Å². The number of nitrogens with two attached hydrogens (primary N) is 1. The molecule has 3 N–H and O–H groups in total. The molecule has 0 bridgehead atoms. The molecular formula is C13H12ClN5O2. The quantitative estimate of drug-likeness (QED) is 0.874. The van der Waals surface area contributed by atoms with Gasteiger partial charge in [-0.2, -0.15) is 10.2 Å². The Kier molecular flexibility index (Phi) is 4.40. The molecule has 108 valence electrons. The molecule has 7 nitrogen and oxygen atoms in total. The number of allylic oxidation sites excluding steroid dienone is 3. The van der Waals surface area contributed by atoms with Gasteiger partial charge in [-0.25, -0.2) is 4.98 Å². The fourth-order valence-electron chi connectivity index (χ4n) is 1.78.